The molecule has 5 heteroatoms. The first-order valence-electron chi connectivity index (χ1n) is 7.07. The average Bonchev–Trinajstić information content (AvgIpc) is 2.44. The minimum atomic E-state index is -0.752. The second-order valence-electron chi connectivity index (χ2n) is 5.16. The Morgan fingerprint density at radius 1 is 1.20 bits per heavy atom. The van der Waals surface area contributed by atoms with Gasteiger partial charge in [0.15, 0.2) is 0 Å². The Kier molecular flexibility index (Phi) is 6.84. The number of rotatable bonds is 7. The zero-order chi connectivity index (χ0) is 15.0. The molecule has 20 heavy (non-hydrogen) atoms. The van der Waals surface area contributed by atoms with Crippen LogP contribution in [0.1, 0.15) is 25.7 Å². The van der Waals surface area contributed by atoms with E-state index in [0.29, 0.717) is 26.1 Å². The monoisotopic (exact) mass is 280 g/mol. The summed E-state index contributed by atoms with van der Waals surface area (Å²) in [6, 6.07) is -0.195. The SMILES string of the molecule is C=CCN(CC=C)C(=O)NCC1CCCCC1C(=O)O. The van der Waals surface area contributed by atoms with Gasteiger partial charge in [-0.15, -0.1) is 13.2 Å². The molecule has 0 heterocycles. The summed E-state index contributed by atoms with van der Waals surface area (Å²) in [6.07, 6.45) is 6.88. The molecule has 1 aliphatic carbocycles. The molecule has 2 N–H and O–H groups in total. The number of hydrogen-bond donors (Lipinski definition) is 2. The molecule has 112 valence electrons. The van der Waals surface area contributed by atoms with E-state index in [1.807, 2.05) is 0 Å². The Bertz CT molecular complexity index is 358. The van der Waals surface area contributed by atoms with E-state index in [9.17, 15) is 14.7 Å². The zero-order valence-corrected chi connectivity index (χ0v) is 11.9. The number of carboxylic acid groups (broad SMARTS) is 1. The van der Waals surface area contributed by atoms with E-state index in [4.69, 9.17) is 0 Å². The van der Waals surface area contributed by atoms with Crippen molar-refractivity contribution < 1.29 is 14.7 Å². The van der Waals surface area contributed by atoms with Crippen LogP contribution in [0.3, 0.4) is 0 Å². The lowest BCUT2D eigenvalue weighted by Crippen LogP contribution is -2.44. The van der Waals surface area contributed by atoms with E-state index in [0.717, 1.165) is 19.3 Å². The number of carbonyl (C=O) groups excluding carboxylic acids is 1. The van der Waals surface area contributed by atoms with E-state index in [1.165, 1.54) is 0 Å². The number of hydrogen-bond acceptors (Lipinski definition) is 2. The molecule has 0 aromatic carbocycles. The molecule has 2 amide bonds. The fourth-order valence-electron chi connectivity index (χ4n) is 2.66. The lowest BCUT2D eigenvalue weighted by atomic mass is 9.79. The van der Waals surface area contributed by atoms with Crippen LogP contribution >= 0.6 is 0 Å². The van der Waals surface area contributed by atoms with Gasteiger partial charge in [0.1, 0.15) is 0 Å². The molecule has 2 unspecified atom stereocenters. The number of amides is 2. The number of urea groups is 1. The van der Waals surface area contributed by atoms with Gasteiger partial charge in [0.05, 0.1) is 5.92 Å². The van der Waals surface area contributed by atoms with Gasteiger partial charge in [0.25, 0.3) is 0 Å². The first-order valence-corrected chi connectivity index (χ1v) is 7.07. The van der Waals surface area contributed by atoms with E-state index < -0.39 is 5.97 Å². The number of nitrogens with zero attached hydrogens (tertiary/aromatic N) is 1. The van der Waals surface area contributed by atoms with Crippen LogP contribution in [0.25, 0.3) is 0 Å². The maximum absolute atomic E-state index is 12.0. The van der Waals surface area contributed by atoms with Gasteiger partial charge in [-0.25, -0.2) is 4.79 Å². The van der Waals surface area contributed by atoms with Crippen molar-refractivity contribution in [3.05, 3.63) is 25.3 Å². The summed E-state index contributed by atoms with van der Waals surface area (Å²) in [4.78, 5) is 24.8. The molecule has 0 aliphatic heterocycles. The molecule has 0 saturated heterocycles. The van der Waals surface area contributed by atoms with Gasteiger partial charge in [0.2, 0.25) is 0 Å². The van der Waals surface area contributed by atoms with Crippen molar-refractivity contribution in [2.24, 2.45) is 11.8 Å². The Hall–Kier alpha value is -1.78. The second-order valence-corrected chi connectivity index (χ2v) is 5.16. The third-order valence-electron chi connectivity index (χ3n) is 3.73. The molecule has 1 aliphatic rings. The molecule has 1 rings (SSSR count). The average molecular weight is 280 g/mol. The first kappa shape index (κ1) is 16.3. The minimum Gasteiger partial charge on any atom is -0.481 e. The maximum atomic E-state index is 12.0. The maximum Gasteiger partial charge on any atom is 0.317 e. The summed E-state index contributed by atoms with van der Waals surface area (Å²) in [5, 5.41) is 12.0. The number of aliphatic carboxylic acids is 1. The summed E-state index contributed by atoms with van der Waals surface area (Å²) in [7, 11) is 0. The molecule has 0 radical (unpaired) electrons. The number of nitrogens with one attached hydrogen (secondary N) is 1. The molecule has 2 atom stereocenters. The van der Waals surface area contributed by atoms with Gasteiger partial charge in [-0.1, -0.05) is 25.0 Å². The van der Waals surface area contributed by atoms with Gasteiger partial charge in [-0.3, -0.25) is 4.79 Å². The first-order chi connectivity index (χ1) is 9.60. The Balaban J connectivity index is 2.50. The topological polar surface area (TPSA) is 69.6 Å². The van der Waals surface area contributed by atoms with Crippen molar-refractivity contribution in [1.29, 1.82) is 0 Å². The highest BCUT2D eigenvalue weighted by atomic mass is 16.4. The largest absolute Gasteiger partial charge is 0.481 e. The van der Waals surface area contributed by atoms with Crippen LogP contribution in [0.15, 0.2) is 25.3 Å². The van der Waals surface area contributed by atoms with Crippen LogP contribution in [0.2, 0.25) is 0 Å². The van der Waals surface area contributed by atoms with E-state index >= 15 is 0 Å². The summed E-state index contributed by atoms with van der Waals surface area (Å²) < 4.78 is 0. The molecular weight excluding hydrogens is 256 g/mol. The quantitative estimate of drug-likeness (QED) is 0.703. The molecule has 5 nitrogen and oxygen atoms in total. The molecule has 0 aromatic rings. The van der Waals surface area contributed by atoms with Crippen LogP contribution in [-0.4, -0.2) is 41.6 Å². The van der Waals surface area contributed by atoms with Crippen molar-refractivity contribution in [3.63, 3.8) is 0 Å². The lowest BCUT2D eigenvalue weighted by Gasteiger charge is -2.29. The smallest absolute Gasteiger partial charge is 0.317 e. The summed E-state index contributed by atoms with van der Waals surface area (Å²) in [5.74, 6) is -1.06. The van der Waals surface area contributed by atoms with Crippen LogP contribution in [0, 0.1) is 11.8 Å². The van der Waals surface area contributed by atoms with Gasteiger partial charge >= 0.3 is 12.0 Å². The highest BCUT2D eigenvalue weighted by molar-refractivity contribution is 5.75. The van der Waals surface area contributed by atoms with Crippen LogP contribution in [-0.2, 0) is 4.79 Å². The zero-order valence-electron chi connectivity index (χ0n) is 11.9. The highest BCUT2D eigenvalue weighted by Gasteiger charge is 2.31. The van der Waals surface area contributed by atoms with E-state index in [-0.39, 0.29) is 17.9 Å². The van der Waals surface area contributed by atoms with E-state index in [2.05, 4.69) is 18.5 Å². The van der Waals surface area contributed by atoms with Crippen molar-refractivity contribution in [2.45, 2.75) is 25.7 Å². The standard InChI is InChI=1S/C15H24N2O3/c1-3-9-17(10-4-2)15(20)16-11-12-7-5-6-8-13(12)14(18)19/h3-4,12-13H,1-2,5-11H2,(H,16,20)(H,18,19). The molecule has 1 saturated carbocycles. The Morgan fingerprint density at radius 2 is 1.80 bits per heavy atom. The summed E-state index contributed by atoms with van der Waals surface area (Å²) in [6.45, 7) is 8.55. The Morgan fingerprint density at radius 3 is 2.35 bits per heavy atom. The summed E-state index contributed by atoms with van der Waals surface area (Å²) in [5.41, 5.74) is 0. The van der Waals surface area contributed by atoms with Crippen LogP contribution in [0.5, 0.6) is 0 Å². The molecule has 1 fully saturated rings. The number of carboxylic acids is 1. The van der Waals surface area contributed by atoms with Gasteiger partial charge in [0, 0.05) is 19.6 Å². The van der Waals surface area contributed by atoms with Crippen molar-refractivity contribution in [3.8, 4) is 0 Å². The third-order valence-corrected chi connectivity index (χ3v) is 3.73. The second kappa shape index (κ2) is 8.40. The minimum absolute atomic E-state index is 0.0273. The third kappa shape index (κ3) is 4.72. The van der Waals surface area contributed by atoms with E-state index in [1.54, 1.807) is 17.1 Å². The molecular formula is C15H24N2O3. The van der Waals surface area contributed by atoms with Gasteiger partial charge < -0.3 is 15.3 Å². The fourth-order valence-corrected chi connectivity index (χ4v) is 2.66. The van der Waals surface area contributed by atoms with Crippen molar-refractivity contribution >= 4 is 12.0 Å². The highest BCUT2D eigenvalue weighted by Crippen LogP contribution is 2.29. The van der Waals surface area contributed by atoms with Crippen LogP contribution < -0.4 is 5.32 Å². The predicted molar refractivity (Wildman–Crippen MR) is 78.4 cm³/mol. The lowest BCUT2D eigenvalue weighted by molar-refractivity contribution is -0.144. The van der Waals surface area contributed by atoms with Crippen molar-refractivity contribution in [2.75, 3.05) is 19.6 Å². The van der Waals surface area contributed by atoms with Gasteiger partial charge in [-0.2, -0.15) is 0 Å². The number of carbonyl (C=O) groups is 2. The summed E-state index contributed by atoms with van der Waals surface area (Å²) >= 11 is 0. The van der Waals surface area contributed by atoms with Gasteiger partial charge in [-0.05, 0) is 18.8 Å². The molecule has 0 aromatic heterocycles. The normalized spacial score (nSPS) is 21.8. The van der Waals surface area contributed by atoms with Crippen molar-refractivity contribution in [1.82, 2.24) is 10.2 Å². The Labute approximate surface area is 120 Å². The fraction of sp³-hybridized carbons (Fsp3) is 0.600. The van der Waals surface area contributed by atoms with Crippen LogP contribution in [0.4, 0.5) is 4.79 Å². The predicted octanol–water partition coefficient (Wildman–Crippen LogP) is 2.26. The molecule has 0 bridgehead atoms. The molecule has 0 spiro atoms.